The van der Waals surface area contributed by atoms with Crippen LogP contribution in [-0.4, -0.2) is 37.0 Å². The van der Waals surface area contributed by atoms with E-state index in [-0.39, 0.29) is 0 Å². The molecule has 0 bridgehead atoms. The van der Waals surface area contributed by atoms with E-state index in [1.54, 1.807) is 0 Å². The minimum absolute atomic E-state index is 0.505. The fourth-order valence-electron chi connectivity index (χ4n) is 3.04. The number of piperidine rings is 1. The van der Waals surface area contributed by atoms with Gasteiger partial charge < -0.3 is 16.0 Å². The zero-order valence-electron chi connectivity index (χ0n) is 13.5. The third-order valence-electron chi connectivity index (χ3n) is 3.93. The van der Waals surface area contributed by atoms with E-state index < -0.39 is 0 Å². The van der Waals surface area contributed by atoms with Gasteiger partial charge in [-0.05, 0) is 62.4 Å². The van der Waals surface area contributed by atoms with Crippen LogP contribution in [0.3, 0.4) is 0 Å². The van der Waals surface area contributed by atoms with E-state index >= 15 is 0 Å². The molecular formula is C17H28N4. The molecule has 1 unspecified atom stereocenters. The number of hydrogen-bond acceptors (Lipinski definition) is 2. The number of aryl methyl sites for hydroxylation is 2. The molecule has 0 saturated carbocycles. The molecule has 1 fully saturated rings. The zero-order valence-corrected chi connectivity index (χ0v) is 13.5. The fourth-order valence-corrected chi connectivity index (χ4v) is 3.04. The molecule has 3 N–H and O–H groups in total. The van der Waals surface area contributed by atoms with Gasteiger partial charge in [0.2, 0.25) is 0 Å². The van der Waals surface area contributed by atoms with Crippen molar-refractivity contribution in [3.8, 4) is 0 Å². The van der Waals surface area contributed by atoms with E-state index in [0.29, 0.717) is 5.96 Å². The van der Waals surface area contributed by atoms with Gasteiger partial charge in [0, 0.05) is 18.8 Å². The number of nitrogens with zero attached hydrogens (tertiary/aromatic N) is 2. The summed E-state index contributed by atoms with van der Waals surface area (Å²) in [6, 6.07) is 6.32. The molecule has 1 atom stereocenters. The third kappa shape index (κ3) is 5.38. The van der Waals surface area contributed by atoms with Crippen LogP contribution < -0.4 is 11.1 Å². The Morgan fingerprint density at radius 3 is 2.71 bits per heavy atom. The third-order valence-corrected chi connectivity index (χ3v) is 3.93. The molecule has 1 aliphatic heterocycles. The van der Waals surface area contributed by atoms with Crippen LogP contribution in [0.15, 0.2) is 23.2 Å². The number of rotatable bonds is 4. The number of hydrogen-bond donors (Lipinski definition) is 2. The van der Waals surface area contributed by atoms with Crippen molar-refractivity contribution in [3.05, 3.63) is 29.3 Å². The normalized spacial score (nSPS) is 20.5. The first-order valence-electron chi connectivity index (χ1n) is 7.90. The van der Waals surface area contributed by atoms with Crippen molar-refractivity contribution in [2.45, 2.75) is 33.6 Å². The Kier molecular flexibility index (Phi) is 5.62. The van der Waals surface area contributed by atoms with Gasteiger partial charge in [0.15, 0.2) is 5.96 Å². The van der Waals surface area contributed by atoms with Crippen molar-refractivity contribution in [1.29, 1.82) is 0 Å². The van der Waals surface area contributed by atoms with Crippen LogP contribution in [0, 0.1) is 19.8 Å². The number of nitrogens with one attached hydrogen (secondary N) is 1. The lowest BCUT2D eigenvalue weighted by atomic mass is 10.0. The molecule has 1 aromatic rings. The zero-order chi connectivity index (χ0) is 15.2. The van der Waals surface area contributed by atoms with Gasteiger partial charge >= 0.3 is 0 Å². The van der Waals surface area contributed by atoms with Crippen LogP contribution in [-0.2, 0) is 0 Å². The summed E-state index contributed by atoms with van der Waals surface area (Å²) < 4.78 is 0. The van der Waals surface area contributed by atoms with E-state index in [4.69, 9.17) is 5.73 Å². The molecule has 0 aliphatic carbocycles. The van der Waals surface area contributed by atoms with Crippen LogP contribution in [0.4, 0.5) is 5.69 Å². The summed E-state index contributed by atoms with van der Waals surface area (Å²) in [5.41, 5.74) is 9.44. The van der Waals surface area contributed by atoms with Crippen molar-refractivity contribution in [3.63, 3.8) is 0 Å². The first kappa shape index (κ1) is 15.8. The molecule has 116 valence electrons. The number of nitrogens with two attached hydrogens (primary N) is 1. The smallest absolute Gasteiger partial charge is 0.193 e. The van der Waals surface area contributed by atoms with Crippen molar-refractivity contribution in [2.75, 3.05) is 31.5 Å². The first-order chi connectivity index (χ1) is 10.0. The molecule has 4 heteroatoms. The van der Waals surface area contributed by atoms with Crippen molar-refractivity contribution in [1.82, 2.24) is 4.90 Å². The minimum atomic E-state index is 0.505. The maximum Gasteiger partial charge on any atom is 0.193 e. The standard InChI is InChI=1S/C17H28N4/c1-13-5-4-7-21(12-13)8-6-19-17(18)20-16-10-14(2)9-15(3)11-16/h9-11,13H,4-8,12H2,1-3H3,(H3,18,19,20). The monoisotopic (exact) mass is 288 g/mol. The average molecular weight is 288 g/mol. The highest BCUT2D eigenvalue weighted by Crippen LogP contribution is 2.15. The van der Waals surface area contributed by atoms with Crippen LogP contribution in [0.1, 0.15) is 30.9 Å². The van der Waals surface area contributed by atoms with E-state index in [0.717, 1.165) is 24.7 Å². The molecule has 0 spiro atoms. The van der Waals surface area contributed by atoms with Crippen molar-refractivity contribution < 1.29 is 0 Å². The highest BCUT2D eigenvalue weighted by Gasteiger charge is 2.15. The molecular weight excluding hydrogens is 260 g/mol. The molecule has 4 nitrogen and oxygen atoms in total. The van der Waals surface area contributed by atoms with Crippen molar-refractivity contribution >= 4 is 11.6 Å². The fraction of sp³-hybridized carbons (Fsp3) is 0.588. The van der Waals surface area contributed by atoms with Gasteiger partial charge in [-0.25, -0.2) is 0 Å². The number of likely N-dealkylation sites (tertiary alicyclic amines) is 1. The SMILES string of the molecule is Cc1cc(C)cc(NC(N)=NCCN2CCCC(C)C2)c1. The second-order valence-electron chi connectivity index (χ2n) is 6.32. The average Bonchev–Trinajstić information content (AvgIpc) is 2.37. The van der Waals surface area contributed by atoms with Crippen molar-refractivity contribution in [2.24, 2.45) is 16.6 Å². The molecule has 0 amide bonds. The predicted molar refractivity (Wildman–Crippen MR) is 90.9 cm³/mol. The summed E-state index contributed by atoms with van der Waals surface area (Å²) in [6.45, 7) is 10.7. The topological polar surface area (TPSA) is 53.6 Å². The molecule has 1 saturated heterocycles. The van der Waals surface area contributed by atoms with Gasteiger partial charge in [-0.1, -0.05) is 13.0 Å². The molecule has 21 heavy (non-hydrogen) atoms. The van der Waals surface area contributed by atoms with Crippen LogP contribution in [0.2, 0.25) is 0 Å². The predicted octanol–water partition coefficient (Wildman–Crippen LogP) is 2.76. The highest BCUT2D eigenvalue weighted by molar-refractivity contribution is 5.92. The summed E-state index contributed by atoms with van der Waals surface area (Å²) in [5.74, 6) is 1.32. The van der Waals surface area contributed by atoms with E-state index in [1.807, 2.05) is 0 Å². The number of aliphatic imine (C=N–C) groups is 1. The Labute approximate surface area is 128 Å². The second kappa shape index (κ2) is 7.46. The molecule has 0 radical (unpaired) electrons. The van der Waals surface area contributed by atoms with Gasteiger partial charge in [-0.2, -0.15) is 0 Å². The molecule has 1 aromatic carbocycles. The van der Waals surface area contributed by atoms with Crippen LogP contribution in [0.25, 0.3) is 0 Å². The lowest BCUT2D eigenvalue weighted by molar-refractivity contribution is 0.189. The van der Waals surface area contributed by atoms with Gasteiger partial charge in [0.25, 0.3) is 0 Å². The number of anilines is 1. The summed E-state index contributed by atoms with van der Waals surface area (Å²) in [4.78, 5) is 6.93. The maximum absolute atomic E-state index is 5.97. The quantitative estimate of drug-likeness (QED) is 0.661. The second-order valence-corrected chi connectivity index (χ2v) is 6.32. The van der Waals surface area contributed by atoms with Gasteiger partial charge in [-0.3, -0.25) is 4.99 Å². The Balaban J connectivity index is 1.81. The molecule has 0 aromatic heterocycles. The van der Waals surface area contributed by atoms with E-state index in [1.165, 1.54) is 37.1 Å². The van der Waals surface area contributed by atoms with Crippen LogP contribution in [0.5, 0.6) is 0 Å². The Morgan fingerprint density at radius 2 is 2.05 bits per heavy atom. The Morgan fingerprint density at radius 1 is 1.33 bits per heavy atom. The maximum atomic E-state index is 5.97. The van der Waals surface area contributed by atoms with E-state index in [2.05, 4.69) is 54.2 Å². The van der Waals surface area contributed by atoms with Crippen LogP contribution >= 0.6 is 0 Å². The lowest BCUT2D eigenvalue weighted by Gasteiger charge is -2.30. The van der Waals surface area contributed by atoms with E-state index in [9.17, 15) is 0 Å². The minimum Gasteiger partial charge on any atom is -0.370 e. The first-order valence-corrected chi connectivity index (χ1v) is 7.90. The molecule has 1 heterocycles. The Hall–Kier alpha value is -1.55. The number of benzene rings is 1. The number of guanidine groups is 1. The summed E-state index contributed by atoms with van der Waals surface area (Å²) in [5, 5.41) is 3.18. The highest BCUT2D eigenvalue weighted by atomic mass is 15.2. The summed E-state index contributed by atoms with van der Waals surface area (Å²) >= 11 is 0. The molecule has 2 rings (SSSR count). The molecule has 1 aliphatic rings. The van der Waals surface area contributed by atoms with Gasteiger partial charge in [0.1, 0.15) is 0 Å². The van der Waals surface area contributed by atoms with Gasteiger partial charge in [-0.15, -0.1) is 0 Å². The summed E-state index contributed by atoms with van der Waals surface area (Å²) in [6.07, 6.45) is 2.66. The largest absolute Gasteiger partial charge is 0.370 e. The Bertz CT molecular complexity index is 475. The summed E-state index contributed by atoms with van der Waals surface area (Å²) in [7, 11) is 0. The lowest BCUT2D eigenvalue weighted by Crippen LogP contribution is -2.36. The van der Waals surface area contributed by atoms with Gasteiger partial charge in [0.05, 0.1) is 6.54 Å².